The van der Waals surface area contributed by atoms with E-state index in [1.165, 1.54) is 0 Å². The summed E-state index contributed by atoms with van der Waals surface area (Å²) in [6, 6.07) is 5.76. The Balaban J connectivity index is 2.46. The Labute approximate surface area is 127 Å². The average molecular weight is 297 g/mol. The van der Waals surface area contributed by atoms with Crippen LogP contribution in [0.2, 0.25) is 0 Å². The van der Waals surface area contributed by atoms with Crippen LogP contribution in [0.1, 0.15) is 25.3 Å². The number of rotatable bonds is 11. The molecule has 1 rings (SSSR count). The fourth-order valence-corrected chi connectivity index (χ4v) is 1.85. The number of aliphatic hydroxyl groups excluding tert-OH is 1. The van der Waals surface area contributed by atoms with Crippen molar-refractivity contribution in [2.45, 2.75) is 32.4 Å². The summed E-state index contributed by atoms with van der Waals surface area (Å²) in [7, 11) is 3.49. The molecule has 5 nitrogen and oxygen atoms in total. The van der Waals surface area contributed by atoms with Gasteiger partial charge < -0.3 is 24.6 Å². The molecule has 0 saturated carbocycles. The van der Waals surface area contributed by atoms with Crippen LogP contribution in [0, 0.1) is 0 Å². The molecule has 2 N–H and O–H groups in total. The number of hydrogen-bond acceptors (Lipinski definition) is 5. The van der Waals surface area contributed by atoms with Gasteiger partial charge in [-0.3, -0.25) is 0 Å². The minimum absolute atomic E-state index is 0.186. The Morgan fingerprint density at radius 1 is 1.24 bits per heavy atom. The first-order valence-corrected chi connectivity index (χ1v) is 7.41. The Morgan fingerprint density at radius 3 is 2.71 bits per heavy atom. The Hall–Kier alpha value is -1.30. The zero-order valence-corrected chi connectivity index (χ0v) is 13.2. The molecular weight excluding hydrogens is 270 g/mol. The third-order valence-electron chi connectivity index (χ3n) is 2.99. The van der Waals surface area contributed by atoms with Gasteiger partial charge in [-0.25, -0.2) is 0 Å². The van der Waals surface area contributed by atoms with Crippen molar-refractivity contribution in [1.29, 1.82) is 0 Å². The summed E-state index contributed by atoms with van der Waals surface area (Å²) in [6.45, 7) is 4.01. The minimum atomic E-state index is -0.639. The van der Waals surface area contributed by atoms with Crippen LogP contribution in [0.4, 0.5) is 0 Å². The maximum absolute atomic E-state index is 9.84. The van der Waals surface area contributed by atoms with Crippen molar-refractivity contribution >= 4 is 0 Å². The summed E-state index contributed by atoms with van der Waals surface area (Å²) in [5, 5.41) is 12.9. The highest BCUT2D eigenvalue weighted by atomic mass is 16.5. The van der Waals surface area contributed by atoms with E-state index < -0.39 is 6.10 Å². The summed E-state index contributed by atoms with van der Waals surface area (Å²) in [4.78, 5) is 0. The largest absolute Gasteiger partial charge is 0.493 e. The molecule has 0 aliphatic carbocycles. The maximum atomic E-state index is 9.84. The van der Waals surface area contributed by atoms with Crippen molar-refractivity contribution in [2.75, 3.05) is 34.0 Å². The van der Waals surface area contributed by atoms with Crippen LogP contribution >= 0.6 is 0 Å². The molecule has 0 fully saturated rings. The summed E-state index contributed by atoms with van der Waals surface area (Å²) in [6.07, 6.45) is 1.45. The van der Waals surface area contributed by atoms with E-state index in [0.29, 0.717) is 24.7 Å². The van der Waals surface area contributed by atoms with Gasteiger partial charge in [0, 0.05) is 13.2 Å². The van der Waals surface area contributed by atoms with Crippen molar-refractivity contribution in [1.82, 2.24) is 5.32 Å². The van der Waals surface area contributed by atoms with Crippen LogP contribution in [-0.4, -0.2) is 45.2 Å². The topological polar surface area (TPSA) is 60.0 Å². The molecule has 0 aliphatic rings. The van der Waals surface area contributed by atoms with Gasteiger partial charge in [-0.05, 0) is 31.2 Å². The molecule has 1 aromatic rings. The molecule has 0 aliphatic heterocycles. The van der Waals surface area contributed by atoms with Gasteiger partial charge in [0.15, 0.2) is 11.5 Å². The van der Waals surface area contributed by atoms with E-state index in [1.807, 2.05) is 25.2 Å². The van der Waals surface area contributed by atoms with Crippen molar-refractivity contribution in [3.05, 3.63) is 23.8 Å². The standard InChI is InChI=1S/C16H27NO4/c1-4-5-8-20-11-14(18)12-21-16-9-13(10-17-2)6-7-15(16)19-3/h6-7,9,14,17-18H,4-5,8,10-12H2,1-3H3. The summed E-state index contributed by atoms with van der Waals surface area (Å²) in [5.41, 5.74) is 1.10. The summed E-state index contributed by atoms with van der Waals surface area (Å²) >= 11 is 0. The fraction of sp³-hybridized carbons (Fsp3) is 0.625. The first-order valence-electron chi connectivity index (χ1n) is 7.41. The molecule has 0 radical (unpaired) electrons. The van der Waals surface area contributed by atoms with Crippen LogP contribution in [0.25, 0.3) is 0 Å². The first kappa shape index (κ1) is 17.8. The van der Waals surface area contributed by atoms with Gasteiger partial charge in [-0.2, -0.15) is 0 Å². The summed E-state index contributed by atoms with van der Waals surface area (Å²) in [5.74, 6) is 1.30. The van der Waals surface area contributed by atoms with Gasteiger partial charge in [-0.1, -0.05) is 19.4 Å². The molecule has 0 amide bonds. The van der Waals surface area contributed by atoms with Crippen LogP contribution in [-0.2, 0) is 11.3 Å². The van der Waals surface area contributed by atoms with Crippen LogP contribution in [0.5, 0.6) is 11.5 Å². The average Bonchev–Trinajstić information content (AvgIpc) is 2.50. The van der Waals surface area contributed by atoms with Crippen molar-refractivity contribution in [3.63, 3.8) is 0 Å². The van der Waals surface area contributed by atoms with Gasteiger partial charge in [0.05, 0.1) is 13.7 Å². The zero-order valence-electron chi connectivity index (χ0n) is 13.2. The summed E-state index contributed by atoms with van der Waals surface area (Å²) < 4.78 is 16.3. The molecular formula is C16H27NO4. The Bertz CT molecular complexity index is 398. The van der Waals surface area contributed by atoms with Crippen molar-refractivity contribution < 1.29 is 19.3 Å². The molecule has 1 aromatic carbocycles. The number of benzene rings is 1. The van der Waals surface area contributed by atoms with Gasteiger partial charge in [0.1, 0.15) is 12.7 Å². The van der Waals surface area contributed by atoms with Crippen molar-refractivity contribution in [2.24, 2.45) is 0 Å². The second-order valence-electron chi connectivity index (χ2n) is 4.91. The predicted molar refractivity (Wildman–Crippen MR) is 83.0 cm³/mol. The fourth-order valence-electron chi connectivity index (χ4n) is 1.85. The van der Waals surface area contributed by atoms with E-state index >= 15 is 0 Å². The van der Waals surface area contributed by atoms with Crippen LogP contribution in [0.15, 0.2) is 18.2 Å². The molecule has 1 unspecified atom stereocenters. The van der Waals surface area contributed by atoms with Crippen LogP contribution < -0.4 is 14.8 Å². The Morgan fingerprint density at radius 2 is 2.05 bits per heavy atom. The molecule has 0 saturated heterocycles. The van der Waals surface area contributed by atoms with Gasteiger partial charge in [-0.15, -0.1) is 0 Å². The molecule has 0 heterocycles. The van der Waals surface area contributed by atoms with E-state index in [0.717, 1.165) is 24.9 Å². The highest BCUT2D eigenvalue weighted by Crippen LogP contribution is 2.28. The highest BCUT2D eigenvalue weighted by Gasteiger charge is 2.10. The van der Waals surface area contributed by atoms with Gasteiger partial charge >= 0.3 is 0 Å². The lowest BCUT2D eigenvalue weighted by Gasteiger charge is -2.15. The second-order valence-corrected chi connectivity index (χ2v) is 4.91. The first-order chi connectivity index (χ1) is 10.2. The van der Waals surface area contributed by atoms with Gasteiger partial charge in [0.25, 0.3) is 0 Å². The second kappa shape index (κ2) is 10.4. The number of hydrogen-bond donors (Lipinski definition) is 2. The molecule has 21 heavy (non-hydrogen) atoms. The van der Waals surface area contributed by atoms with E-state index in [9.17, 15) is 5.11 Å². The lowest BCUT2D eigenvalue weighted by atomic mass is 10.2. The smallest absolute Gasteiger partial charge is 0.161 e. The van der Waals surface area contributed by atoms with Gasteiger partial charge in [0.2, 0.25) is 0 Å². The normalized spacial score (nSPS) is 12.2. The van der Waals surface area contributed by atoms with E-state index in [2.05, 4.69) is 12.2 Å². The van der Waals surface area contributed by atoms with E-state index in [4.69, 9.17) is 14.2 Å². The molecule has 0 bridgehead atoms. The monoisotopic (exact) mass is 297 g/mol. The number of ether oxygens (including phenoxy) is 3. The maximum Gasteiger partial charge on any atom is 0.161 e. The molecule has 0 spiro atoms. The Kier molecular flexibility index (Phi) is 8.82. The number of unbranched alkanes of at least 4 members (excludes halogenated alkanes) is 1. The quantitative estimate of drug-likeness (QED) is 0.612. The SMILES string of the molecule is CCCCOCC(O)COc1cc(CNC)ccc1OC. The third-order valence-corrected chi connectivity index (χ3v) is 2.99. The lowest BCUT2D eigenvalue weighted by Crippen LogP contribution is -2.24. The minimum Gasteiger partial charge on any atom is -0.493 e. The molecule has 0 aromatic heterocycles. The predicted octanol–water partition coefficient (Wildman–Crippen LogP) is 1.97. The third kappa shape index (κ3) is 6.80. The molecule has 1 atom stereocenters. The number of methoxy groups -OCH3 is 1. The lowest BCUT2D eigenvalue weighted by molar-refractivity contribution is 0.0108. The number of nitrogens with one attached hydrogen (secondary N) is 1. The number of aliphatic hydroxyl groups is 1. The van der Waals surface area contributed by atoms with Crippen LogP contribution in [0.3, 0.4) is 0 Å². The zero-order chi connectivity index (χ0) is 15.5. The van der Waals surface area contributed by atoms with E-state index in [-0.39, 0.29) is 6.61 Å². The molecule has 120 valence electrons. The highest BCUT2D eigenvalue weighted by molar-refractivity contribution is 5.42. The molecule has 5 heteroatoms. The van der Waals surface area contributed by atoms with Crippen molar-refractivity contribution in [3.8, 4) is 11.5 Å². The van der Waals surface area contributed by atoms with E-state index in [1.54, 1.807) is 7.11 Å².